The Kier molecular flexibility index (Phi) is 3.92. The molecular formula is C18H17F2NO. The van der Waals surface area contributed by atoms with Gasteiger partial charge in [0.2, 0.25) is 0 Å². The van der Waals surface area contributed by atoms with Gasteiger partial charge >= 0.3 is 0 Å². The number of benzene rings is 2. The molecule has 1 atom stereocenters. The Hall–Kier alpha value is -2.23. The van der Waals surface area contributed by atoms with E-state index in [0.717, 1.165) is 12.0 Å². The molecule has 0 bridgehead atoms. The molecule has 0 spiro atoms. The van der Waals surface area contributed by atoms with Crippen molar-refractivity contribution in [3.05, 3.63) is 70.8 Å². The van der Waals surface area contributed by atoms with Crippen LogP contribution in [0.4, 0.5) is 8.78 Å². The molecule has 1 saturated heterocycles. The smallest absolute Gasteiger partial charge is 0.253 e. The van der Waals surface area contributed by atoms with Crippen molar-refractivity contribution in [1.82, 2.24) is 4.90 Å². The topological polar surface area (TPSA) is 20.3 Å². The van der Waals surface area contributed by atoms with Crippen LogP contribution >= 0.6 is 0 Å². The molecule has 4 heteroatoms. The molecule has 2 aromatic rings. The van der Waals surface area contributed by atoms with Crippen LogP contribution in [0.3, 0.4) is 0 Å². The summed E-state index contributed by atoms with van der Waals surface area (Å²) < 4.78 is 26.3. The number of likely N-dealkylation sites (tertiary alicyclic amines) is 1. The van der Waals surface area contributed by atoms with Crippen molar-refractivity contribution < 1.29 is 13.6 Å². The minimum atomic E-state index is -0.304. The summed E-state index contributed by atoms with van der Waals surface area (Å²) in [5.74, 6) is -0.405. The van der Waals surface area contributed by atoms with E-state index in [1.165, 1.54) is 24.3 Å². The SMILES string of the molecule is Cc1cc(C(=O)N2CCC(c3ccc(F)cc3)C2)ccc1F. The fourth-order valence-corrected chi connectivity index (χ4v) is 2.91. The molecule has 0 radical (unpaired) electrons. The minimum Gasteiger partial charge on any atom is -0.338 e. The van der Waals surface area contributed by atoms with Gasteiger partial charge in [0.1, 0.15) is 11.6 Å². The van der Waals surface area contributed by atoms with E-state index in [-0.39, 0.29) is 23.5 Å². The van der Waals surface area contributed by atoms with Crippen molar-refractivity contribution in [3.63, 3.8) is 0 Å². The number of nitrogens with zero attached hydrogens (tertiary/aromatic N) is 1. The lowest BCUT2D eigenvalue weighted by Crippen LogP contribution is -2.28. The van der Waals surface area contributed by atoms with Gasteiger partial charge in [-0.3, -0.25) is 4.79 Å². The molecule has 3 rings (SSSR count). The summed E-state index contributed by atoms with van der Waals surface area (Å²) in [4.78, 5) is 14.3. The summed E-state index contributed by atoms with van der Waals surface area (Å²) in [5, 5.41) is 0. The molecule has 0 saturated carbocycles. The summed E-state index contributed by atoms with van der Waals surface area (Å²) in [6.07, 6.45) is 0.859. The van der Waals surface area contributed by atoms with E-state index in [9.17, 15) is 13.6 Å². The van der Waals surface area contributed by atoms with Gasteiger partial charge in [-0.15, -0.1) is 0 Å². The monoisotopic (exact) mass is 301 g/mol. The summed E-state index contributed by atoms with van der Waals surface area (Å²) in [6.45, 7) is 2.93. The molecule has 2 nitrogen and oxygen atoms in total. The molecule has 1 aliphatic rings. The van der Waals surface area contributed by atoms with Gasteiger partial charge in [-0.05, 0) is 54.8 Å². The van der Waals surface area contributed by atoms with E-state index < -0.39 is 0 Å². The molecule has 0 aromatic heterocycles. The second-order valence-electron chi connectivity index (χ2n) is 5.75. The van der Waals surface area contributed by atoms with E-state index >= 15 is 0 Å². The van der Waals surface area contributed by atoms with E-state index in [1.807, 2.05) is 0 Å². The Balaban J connectivity index is 1.73. The highest BCUT2D eigenvalue weighted by molar-refractivity contribution is 5.94. The Morgan fingerprint density at radius 2 is 1.86 bits per heavy atom. The third kappa shape index (κ3) is 2.86. The van der Waals surface area contributed by atoms with Gasteiger partial charge < -0.3 is 4.90 Å². The van der Waals surface area contributed by atoms with E-state index in [2.05, 4.69) is 0 Å². The van der Waals surface area contributed by atoms with Gasteiger partial charge in [-0.25, -0.2) is 8.78 Å². The number of carbonyl (C=O) groups is 1. The molecule has 1 amide bonds. The summed E-state index contributed by atoms with van der Waals surface area (Å²) in [6, 6.07) is 10.9. The van der Waals surface area contributed by atoms with E-state index in [0.29, 0.717) is 24.2 Å². The first-order chi connectivity index (χ1) is 10.5. The van der Waals surface area contributed by atoms with Gasteiger partial charge in [0, 0.05) is 24.6 Å². The maximum atomic E-state index is 13.3. The van der Waals surface area contributed by atoms with Gasteiger partial charge in [0.15, 0.2) is 0 Å². The fraction of sp³-hybridized carbons (Fsp3) is 0.278. The predicted molar refractivity (Wildman–Crippen MR) is 80.8 cm³/mol. The first-order valence-electron chi connectivity index (χ1n) is 7.35. The second-order valence-corrected chi connectivity index (χ2v) is 5.75. The van der Waals surface area contributed by atoms with Crippen LogP contribution in [-0.2, 0) is 0 Å². The van der Waals surface area contributed by atoms with Crippen LogP contribution in [-0.4, -0.2) is 23.9 Å². The van der Waals surface area contributed by atoms with E-state index in [1.54, 1.807) is 30.0 Å². The number of carbonyl (C=O) groups excluding carboxylic acids is 1. The van der Waals surface area contributed by atoms with Gasteiger partial charge in [-0.1, -0.05) is 12.1 Å². The van der Waals surface area contributed by atoms with Crippen LogP contribution < -0.4 is 0 Å². The summed E-state index contributed by atoms with van der Waals surface area (Å²) in [7, 11) is 0. The number of hydrogen-bond donors (Lipinski definition) is 0. The largest absolute Gasteiger partial charge is 0.338 e. The zero-order valence-corrected chi connectivity index (χ0v) is 12.4. The normalized spacial score (nSPS) is 17.8. The van der Waals surface area contributed by atoms with Crippen LogP contribution in [0.1, 0.15) is 33.8 Å². The number of hydrogen-bond acceptors (Lipinski definition) is 1. The first-order valence-corrected chi connectivity index (χ1v) is 7.35. The molecule has 1 fully saturated rings. The quantitative estimate of drug-likeness (QED) is 0.823. The summed E-state index contributed by atoms with van der Waals surface area (Å²) >= 11 is 0. The Bertz CT molecular complexity index is 697. The van der Waals surface area contributed by atoms with Crippen molar-refractivity contribution >= 4 is 5.91 Å². The molecule has 1 heterocycles. The van der Waals surface area contributed by atoms with Crippen molar-refractivity contribution in [2.24, 2.45) is 0 Å². The van der Waals surface area contributed by atoms with Crippen LogP contribution in [0.15, 0.2) is 42.5 Å². The molecular weight excluding hydrogens is 284 g/mol. The molecule has 22 heavy (non-hydrogen) atoms. The van der Waals surface area contributed by atoms with Crippen molar-refractivity contribution in [2.45, 2.75) is 19.3 Å². The molecule has 114 valence electrons. The number of amides is 1. The van der Waals surface area contributed by atoms with E-state index in [4.69, 9.17) is 0 Å². The Labute approximate surface area is 128 Å². The van der Waals surface area contributed by atoms with Crippen LogP contribution in [0.2, 0.25) is 0 Å². The predicted octanol–water partition coefficient (Wildman–Crippen LogP) is 3.90. The maximum Gasteiger partial charge on any atom is 0.253 e. The summed E-state index contributed by atoms with van der Waals surface area (Å²) in [5.41, 5.74) is 2.03. The zero-order chi connectivity index (χ0) is 15.7. The molecule has 0 N–H and O–H groups in total. The van der Waals surface area contributed by atoms with Crippen molar-refractivity contribution in [2.75, 3.05) is 13.1 Å². The van der Waals surface area contributed by atoms with Crippen molar-refractivity contribution in [3.8, 4) is 0 Å². The van der Waals surface area contributed by atoms with Crippen LogP contribution in [0.25, 0.3) is 0 Å². The zero-order valence-electron chi connectivity index (χ0n) is 12.4. The number of rotatable bonds is 2. The highest BCUT2D eigenvalue weighted by atomic mass is 19.1. The van der Waals surface area contributed by atoms with Gasteiger partial charge in [0.25, 0.3) is 5.91 Å². The molecule has 1 aliphatic heterocycles. The Morgan fingerprint density at radius 3 is 2.55 bits per heavy atom. The lowest BCUT2D eigenvalue weighted by Gasteiger charge is -2.17. The molecule has 2 aromatic carbocycles. The minimum absolute atomic E-state index is 0.0762. The number of aryl methyl sites for hydroxylation is 1. The first kappa shape index (κ1) is 14.7. The van der Waals surface area contributed by atoms with Gasteiger partial charge in [0.05, 0.1) is 0 Å². The van der Waals surface area contributed by atoms with Crippen LogP contribution in [0.5, 0.6) is 0 Å². The molecule has 0 aliphatic carbocycles. The third-order valence-corrected chi connectivity index (χ3v) is 4.22. The fourth-order valence-electron chi connectivity index (χ4n) is 2.91. The second kappa shape index (κ2) is 5.87. The Morgan fingerprint density at radius 1 is 1.14 bits per heavy atom. The lowest BCUT2D eigenvalue weighted by molar-refractivity contribution is 0.0790. The average molecular weight is 301 g/mol. The average Bonchev–Trinajstić information content (AvgIpc) is 3.00. The highest BCUT2D eigenvalue weighted by Crippen LogP contribution is 2.28. The highest BCUT2D eigenvalue weighted by Gasteiger charge is 2.28. The van der Waals surface area contributed by atoms with Gasteiger partial charge in [-0.2, -0.15) is 0 Å². The number of halogens is 2. The molecule has 1 unspecified atom stereocenters. The van der Waals surface area contributed by atoms with Crippen LogP contribution in [0, 0.1) is 18.6 Å². The maximum absolute atomic E-state index is 13.3. The third-order valence-electron chi connectivity index (χ3n) is 4.22. The van der Waals surface area contributed by atoms with Crippen molar-refractivity contribution in [1.29, 1.82) is 0 Å². The standard InChI is InChI=1S/C18H17F2NO/c1-12-10-14(4-7-17(12)20)18(22)21-9-8-15(11-21)13-2-5-16(19)6-3-13/h2-7,10,15H,8-9,11H2,1H3. The lowest BCUT2D eigenvalue weighted by atomic mass is 9.98.